The van der Waals surface area contributed by atoms with Gasteiger partial charge in [0.25, 0.3) is 0 Å². The Morgan fingerprint density at radius 3 is 2.75 bits per heavy atom. The zero-order chi connectivity index (χ0) is 16.9. The van der Waals surface area contributed by atoms with Crippen molar-refractivity contribution in [2.45, 2.75) is 25.3 Å². The number of amides is 2. The molecular formula is C17H20N2O4S. The normalized spacial score (nSPS) is 28.4. The van der Waals surface area contributed by atoms with Crippen molar-refractivity contribution in [3.63, 3.8) is 0 Å². The van der Waals surface area contributed by atoms with Crippen LogP contribution in [0.3, 0.4) is 0 Å². The number of fused-ring (bicyclic) bond motifs is 1. The van der Waals surface area contributed by atoms with E-state index in [0.29, 0.717) is 19.5 Å². The number of nitrogens with zero attached hydrogens (tertiary/aromatic N) is 2. The second-order valence-corrected chi connectivity index (χ2v) is 9.10. The highest BCUT2D eigenvalue weighted by molar-refractivity contribution is 7.91. The van der Waals surface area contributed by atoms with E-state index in [1.54, 1.807) is 9.80 Å². The topological polar surface area (TPSA) is 74.8 Å². The smallest absolute Gasteiger partial charge is 0.232 e. The second kappa shape index (κ2) is 5.58. The summed E-state index contributed by atoms with van der Waals surface area (Å²) >= 11 is 0. The molecule has 2 unspecified atom stereocenters. The Bertz CT molecular complexity index is 805. The van der Waals surface area contributed by atoms with Crippen molar-refractivity contribution in [2.24, 2.45) is 5.92 Å². The highest BCUT2D eigenvalue weighted by Crippen LogP contribution is 2.32. The largest absolute Gasteiger partial charge is 0.338 e. The van der Waals surface area contributed by atoms with Crippen LogP contribution in [0.5, 0.6) is 0 Å². The van der Waals surface area contributed by atoms with E-state index in [2.05, 4.69) is 0 Å². The van der Waals surface area contributed by atoms with E-state index in [1.807, 2.05) is 24.3 Å². The van der Waals surface area contributed by atoms with Gasteiger partial charge in [-0.15, -0.1) is 0 Å². The summed E-state index contributed by atoms with van der Waals surface area (Å²) in [5.41, 5.74) is 2.10. The third kappa shape index (κ3) is 2.60. The summed E-state index contributed by atoms with van der Waals surface area (Å²) in [7, 11) is -3.04. The van der Waals surface area contributed by atoms with E-state index in [4.69, 9.17) is 0 Å². The molecular weight excluding hydrogens is 328 g/mol. The predicted octanol–water partition coefficient (Wildman–Crippen LogP) is 0.611. The molecule has 2 amide bonds. The molecule has 2 saturated heterocycles. The van der Waals surface area contributed by atoms with Crippen molar-refractivity contribution < 1.29 is 18.0 Å². The summed E-state index contributed by atoms with van der Waals surface area (Å²) in [6, 6.07) is 7.59. The average molecular weight is 348 g/mol. The van der Waals surface area contributed by atoms with E-state index in [1.165, 1.54) is 0 Å². The molecule has 24 heavy (non-hydrogen) atoms. The Hall–Kier alpha value is -1.89. The van der Waals surface area contributed by atoms with Crippen LogP contribution in [0.15, 0.2) is 24.3 Å². The van der Waals surface area contributed by atoms with Crippen LogP contribution in [0.25, 0.3) is 0 Å². The fourth-order valence-electron chi connectivity index (χ4n) is 4.06. The summed E-state index contributed by atoms with van der Waals surface area (Å²) in [5, 5.41) is 0. The summed E-state index contributed by atoms with van der Waals surface area (Å²) in [4.78, 5) is 28.6. The van der Waals surface area contributed by atoms with Crippen LogP contribution < -0.4 is 4.90 Å². The van der Waals surface area contributed by atoms with Crippen LogP contribution in [0.2, 0.25) is 0 Å². The average Bonchev–Trinajstić information content (AvgIpc) is 3.23. The summed E-state index contributed by atoms with van der Waals surface area (Å²) < 4.78 is 23.3. The molecule has 0 saturated carbocycles. The van der Waals surface area contributed by atoms with Crippen LogP contribution in [0.4, 0.5) is 5.69 Å². The number of likely N-dealkylation sites (tertiary alicyclic amines) is 1. The first-order valence-electron chi connectivity index (χ1n) is 8.34. The second-order valence-electron chi connectivity index (χ2n) is 6.87. The van der Waals surface area contributed by atoms with Crippen LogP contribution in [0.1, 0.15) is 18.4 Å². The maximum absolute atomic E-state index is 12.9. The van der Waals surface area contributed by atoms with E-state index in [9.17, 15) is 18.0 Å². The number of rotatable bonds is 2. The molecule has 3 heterocycles. The molecule has 128 valence electrons. The zero-order valence-corrected chi connectivity index (χ0v) is 14.2. The minimum absolute atomic E-state index is 0.0170. The Kier molecular flexibility index (Phi) is 3.63. The molecule has 0 aromatic heterocycles. The van der Waals surface area contributed by atoms with Gasteiger partial charge in [0.1, 0.15) is 0 Å². The predicted molar refractivity (Wildman–Crippen MR) is 89.4 cm³/mol. The highest BCUT2D eigenvalue weighted by atomic mass is 32.2. The monoisotopic (exact) mass is 348 g/mol. The first-order valence-corrected chi connectivity index (χ1v) is 10.2. The lowest BCUT2D eigenvalue weighted by molar-refractivity contribution is -0.129. The van der Waals surface area contributed by atoms with Crippen molar-refractivity contribution in [1.82, 2.24) is 4.90 Å². The van der Waals surface area contributed by atoms with Crippen LogP contribution in [-0.2, 0) is 25.8 Å². The number of anilines is 1. The number of para-hydroxylation sites is 1. The first-order chi connectivity index (χ1) is 11.4. The van der Waals surface area contributed by atoms with Gasteiger partial charge in [0.05, 0.1) is 17.4 Å². The van der Waals surface area contributed by atoms with E-state index in [-0.39, 0.29) is 41.7 Å². The van der Waals surface area contributed by atoms with Crippen LogP contribution in [0, 0.1) is 5.92 Å². The SMILES string of the molecule is O=C(C1CC(=O)N(C2CCS(=O)(=O)C2)C1)N1CCc2ccccc21. The van der Waals surface area contributed by atoms with Crippen molar-refractivity contribution in [2.75, 3.05) is 29.5 Å². The zero-order valence-electron chi connectivity index (χ0n) is 13.3. The molecule has 0 N–H and O–H groups in total. The number of hydrogen-bond acceptors (Lipinski definition) is 4. The minimum atomic E-state index is -3.04. The molecule has 1 aromatic carbocycles. The Balaban J connectivity index is 1.49. The van der Waals surface area contributed by atoms with Crippen LogP contribution >= 0.6 is 0 Å². The summed E-state index contributed by atoms with van der Waals surface area (Å²) in [6.07, 6.45) is 1.52. The van der Waals surface area contributed by atoms with Gasteiger partial charge in [-0.2, -0.15) is 0 Å². The molecule has 6 nitrogen and oxygen atoms in total. The Morgan fingerprint density at radius 2 is 2.00 bits per heavy atom. The molecule has 4 rings (SSSR count). The fraction of sp³-hybridized carbons (Fsp3) is 0.529. The van der Waals surface area contributed by atoms with Gasteiger partial charge < -0.3 is 9.80 Å². The lowest BCUT2D eigenvalue weighted by Gasteiger charge is -2.24. The molecule has 0 radical (unpaired) electrons. The van der Waals surface area contributed by atoms with Gasteiger partial charge in [-0.05, 0) is 24.5 Å². The minimum Gasteiger partial charge on any atom is -0.338 e. The van der Waals surface area contributed by atoms with Gasteiger partial charge in [-0.25, -0.2) is 8.42 Å². The van der Waals surface area contributed by atoms with E-state index in [0.717, 1.165) is 17.7 Å². The van der Waals surface area contributed by atoms with Crippen molar-refractivity contribution in [1.29, 1.82) is 0 Å². The van der Waals surface area contributed by atoms with Gasteiger partial charge in [0, 0.05) is 31.2 Å². The molecule has 0 spiro atoms. The van der Waals surface area contributed by atoms with Crippen LogP contribution in [-0.4, -0.2) is 55.8 Å². The molecule has 2 fully saturated rings. The van der Waals surface area contributed by atoms with E-state index < -0.39 is 9.84 Å². The lowest BCUT2D eigenvalue weighted by atomic mass is 10.1. The van der Waals surface area contributed by atoms with Gasteiger partial charge in [0.15, 0.2) is 9.84 Å². The third-order valence-electron chi connectivity index (χ3n) is 5.31. The Labute approximate surface area is 141 Å². The molecule has 2 atom stereocenters. The lowest BCUT2D eigenvalue weighted by Crippen LogP contribution is -2.40. The standard InChI is InChI=1S/C17H20N2O4S/c20-16-9-13(10-19(16)14-6-8-24(22,23)11-14)17(21)18-7-5-12-3-1-2-4-15(12)18/h1-4,13-14H,5-11H2. The van der Waals surface area contributed by atoms with Crippen molar-refractivity contribution in [3.05, 3.63) is 29.8 Å². The molecule has 3 aliphatic rings. The highest BCUT2D eigenvalue weighted by Gasteiger charge is 2.43. The number of carbonyl (C=O) groups excluding carboxylic acids is 2. The maximum Gasteiger partial charge on any atom is 0.232 e. The first kappa shape index (κ1) is 15.6. The Morgan fingerprint density at radius 1 is 1.21 bits per heavy atom. The molecule has 0 aliphatic carbocycles. The number of hydrogen-bond donors (Lipinski definition) is 0. The quantitative estimate of drug-likeness (QED) is 0.785. The maximum atomic E-state index is 12.9. The van der Waals surface area contributed by atoms with Gasteiger partial charge in [0.2, 0.25) is 11.8 Å². The molecule has 1 aromatic rings. The van der Waals surface area contributed by atoms with Gasteiger partial charge in [-0.1, -0.05) is 18.2 Å². The third-order valence-corrected chi connectivity index (χ3v) is 7.06. The van der Waals surface area contributed by atoms with E-state index >= 15 is 0 Å². The van der Waals surface area contributed by atoms with Gasteiger partial charge >= 0.3 is 0 Å². The molecule has 3 aliphatic heterocycles. The number of benzene rings is 1. The number of sulfone groups is 1. The molecule has 7 heteroatoms. The summed E-state index contributed by atoms with van der Waals surface area (Å²) in [5.74, 6) is -0.308. The fourth-order valence-corrected chi connectivity index (χ4v) is 5.79. The summed E-state index contributed by atoms with van der Waals surface area (Å²) in [6.45, 7) is 0.997. The van der Waals surface area contributed by atoms with Crippen molar-refractivity contribution >= 4 is 27.3 Å². The van der Waals surface area contributed by atoms with Gasteiger partial charge in [-0.3, -0.25) is 9.59 Å². The molecule has 0 bridgehead atoms. The van der Waals surface area contributed by atoms with Crippen molar-refractivity contribution in [3.8, 4) is 0 Å². The number of carbonyl (C=O) groups is 2.